The highest BCUT2D eigenvalue weighted by Crippen LogP contribution is 2.36. The number of nitrogen functional groups attached to an aromatic ring is 1. The van der Waals surface area contributed by atoms with Crippen LogP contribution in [0.25, 0.3) is 32.9 Å². The number of piperidine rings is 1. The summed E-state index contributed by atoms with van der Waals surface area (Å²) in [7, 11) is 2.07. The molecule has 4 heteroatoms. The fourth-order valence-electron chi connectivity index (χ4n) is 4.96. The van der Waals surface area contributed by atoms with Gasteiger partial charge in [0, 0.05) is 59.4 Å². The van der Waals surface area contributed by atoms with Crippen LogP contribution in [0.5, 0.6) is 0 Å². The van der Waals surface area contributed by atoms with Crippen LogP contribution in [0.2, 0.25) is 0 Å². The van der Waals surface area contributed by atoms with Gasteiger partial charge in [-0.3, -0.25) is 0 Å². The minimum atomic E-state index is 0.592. The molecule has 0 spiro atoms. The lowest BCUT2D eigenvalue weighted by atomic mass is 9.86. The number of rotatable bonds is 3. The maximum Gasteiger partial charge on any atom is 0.132 e. The molecule has 30 heavy (non-hydrogen) atoms. The van der Waals surface area contributed by atoms with Gasteiger partial charge in [0.25, 0.3) is 0 Å². The van der Waals surface area contributed by atoms with Gasteiger partial charge in [0.2, 0.25) is 0 Å². The number of pyridine rings is 1. The van der Waals surface area contributed by atoms with E-state index in [1.54, 1.807) is 0 Å². The van der Waals surface area contributed by atoms with Crippen molar-refractivity contribution >= 4 is 33.3 Å². The first-order valence-corrected chi connectivity index (χ1v) is 11.0. The summed E-state index contributed by atoms with van der Waals surface area (Å²) in [6.07, 6.45) is 4.69. The fourth-order valence-corrected chi connectivity index (χ4v) is 4.96. The van der Waals surface area contributed by atoms with Crippen molar-refractivity contribution in [3.8, 4) is 11.1 Å². The number of hydrogen-bond donors (Lipinski definition) is 1. The van der Waals surface area contributed by atoms with Crippen molar-refractivity contribution in [3.63, 3.8) is 0 Å². The number of aryl methyl sites for hydroxylation is 1. The summed E-state index contributed by atoms with van der Waals surface area (Å²) in [5.41, 5.74) is 12.0. The van der Waals surface area contributed by atoms with Gasteiger partial charge in [0.15, 0.2) is 0 Å². The maximum atomic E-state index is 6.47. The highest BCUT2D eigenvalue weighted by Gasteiger charge is 2.22. The van der Waals surface area contributed by atoms with E-state index in [1.165, 1.54) is 29.4 Å². The molecule has 0 unspecified atom stereocenters. The van der Waals surface area contributed by atoms with Crippen LogP contribution in [-0.4, -0.2) is 22.6 Å². The number of nitrogens with two attached hydrogens (primary N) is 1. The molecule has 0 atom stereocenters. The minimum absolute atomic E-state index is 0.592. The topological polar surface area (TPSA) is 47.1 Å². The van der Waals surface area contributed by atoms with Gasteiger partial charge >= 0.3 is 0 Å². The Bertz CT molecular complexity index is 1210. The van der Waals surface area contributed by atoms with E-state index in [2.05, 4.69) is 85.1 Å². The number of fused-ring (bicyclic) bond motifs is 2. The maximum absolute atomic E-state index is 6.47. The van der Waals surface area contributed by atoms with Crippen molar-refractivity contribution in [3.05, 3.63) is 54.7 Å². The van der Waals surface area contributed by atoms with Crippen LogP contribution >= 0.6 is 0 Å². The van der Waals surface area contributed by atoms with E-state index < -0.39 is 0 Å². The molecule has 1 saturated heterocycles. The molecule has 0 amide bonds. The van der Waals surface area contributed by atoms with E-state index in [0.29, 0.717) is 5.82 Å². The van der Waals surface area contributed by atoms with E-state index in [-0.39, 0.29) is 0 Å². The van der Waals surface area contributed by atoms with Gasteiger partial charge in [-0.05, 0) is 48.9 Å². The third-order valence-corrected chi connectivity index (χ3v) is 6.87. The summed E-state index contributed by atoms with van der Waals surface area (Å²) in [5.74, 6) is 2.21. The van der Waals surface area contributed by atoms with Gasteiger partial charge in [-0.2, -0.15) is 0 Å². The number of nitrogens with zero attached hydrogens (tertiary/aromatic N) is 3. The van der Waals surface area contributed by atoms with Crippen molar-refractivity contribution in [2.24, 2.45) is 18.9 Å². The molecule has 4 nitrogen and oxygen atoms in total. The Hall–Kier alpha value is -3.01. The fraction of sp³-hybridized carbons (Fsp3) is 0.346. The van der Waals surface area contributed by atoms with Gasteiger partial charge in [-0.15, -0.1) is 0 Å². The lowest BCUT2D eigenvalue weighted by Crippen LogP contribution is -2.35. The average Bonchev–Trinajstić information content (AvgIpc) is 3.09. The van der Waals surface area contributed by atoms with Crippen molar-refractivity contribution in [1.82, 2.24) is 9.55 Å². The van der Waals surface area contributed by atoms with Gasteiger partial charge in [-0.25, -0.2) is 4.98 Å². The number of anilines is 2. The summed E-state index contributed by atoms with van der Waals surface area (Å²) in [6.45, 7) is 6.93. The molecule has 4 aromatic rings. The number of benzene rings is 2. The molecule has 2 aromatic carbocycles. The summed E-state index contributed by atoms with van der Waals surface area (Å²) in [6, 6.07) is 17.3. The van der Waals surface area contributed by atoms with E-state index in [0.717, 1.165) is 47.0 Å². The Morgan fingerprint density at radius 2 is 1.77 bits per heavy atom. The summed E-state index contributed by atoms with van der Waals surface area (Å²) in [4.78, 5) is 7.30. The summed E-state index contributed by atoms with van der Waals surface area (Å²) in [5, 5.41) is 2.34. The molecule has 3 heterocycles. The van der Waals surface area contributed by atoms with Crippen LogP contribution in [0.15, 0.2) is 54.7 Å². The van der Waals surface area contributed by atoms with Crippen molar-refractivity contribution < 1.29 is 0 Å². The number of para-hydroxylation sites is 1. The molecule has 0 radical (unpaired) electrons. The smallest absolute Gasteiger partial charge is 0.132 e. The third kappa shape index (κ3) is 3.20. The number of aromatic nitrogens is 2. The standard InChI is InChI=1S/C26H30N4/c1-17(2)18-10-12-30(13-11-18)20-9-8-19-14-22(26(27)28-24(19)15-20)23-16-29(3)25-7-5-4-6-21(23)25/h4-9,14-18H,10-13H2,1-3H3,(H2,27,28). The number of hydrogen-bond acceptors (Lipinski definition) is 3. The van der Waals surface area contributed by atoms with Crippen LogP contribution < -0.4 is 10.6 Å². The third-order valence-electron chi connectivity index (χ3n) is 6.87. The largest absolute Gasteiger partial charge is 0.383 e. The zero-order valence-electron chi connectivity index (χ0n) is 18.1. The summed E-state index contributed by atoms with van der Waals surface area (Å²) >= 11 is 0. The molecule has 0 bridgehead atoms. The van der Waals surface area contributed by atoms with Gasteiger partial charge in [-0.1, -0.05) is 38.1 Å². The molecule has 2 aromatic heterocycles. The van der Waals surface area contributed by atoms with Crippen LogP contribution in [0.4, 0.5) is 11.5 Å². The second-order valence-electron chi connectivity index (χ2n) is 9.04. The first-order valence-electron chi connectivity index (χ1n) is 11.0. The molecule has 1 aliphatic heterocycles. The lowest BCUT2D eigenvalue weighted by molar-refractivity contribution is 0.311. The molecular weight excluding hydrogens is 368 g/mol. The van der Waals surface area contributed by atoms with Crippen LogP contribution in [0.3, 0.4) is 0 Å². The second-order valence-corrected chi connectivity index (χ2v) is 9.04. The molecule has 0 saturated carbocycles. The molecule has 2 N–H and O–H groups in total. The lowest BCUT2D eigenvalue weighted by Gasteiger charge is -2.35. The molecular formula is C26H30N4. The van der Waals surface area contributed by atoms with Crippen molar-refractivity contribution in [2.75, 3.05) is 23.7 Å². The molecule has 5 rings (SSSR count). The van der Waals surface area contributed by atoms with E-state index >= 15 is 0 Å². The van der Waals surface area contributed by atoms with Crippen LogP contribution in [-0.2, 0) is 7.05 Å². The van der Waals surface area contributed by atoms with E-state index in [4.69, 9.17) is 10.7 Å². The minimum Gasteiger partial charge on any atom is -0.383 e. The average molecular weight is 399 g/mol. The summed E-state index contributed by atoms with van der Waals surface area (Å²) < 4.78 is 2.15. The Balaban J connectivity index is 1.50. The quantitative estimate of drug-likeness (QED) is 0.471. The SMILES string of the molecule is CC(C)C1CCN(c2ccc3cc(-c4cn(C)c5ccccc45)c(N)nc3c2)CC1. The second kappa shape index (κ2) is 7.35. The Labute approximate surface area is 178 Å². The first kappa shape index (κ1) is 19.0. The zero-order chi connectivity index (χ0) is 20.8. The zero-order valence-corrected chi connectivity index (χ0v) is 18.1. The molecule has 0 aliphatic carbocycles. The predicted molar refractivity (Wildman–Crippen MR) is 128 cm³/mol. The van der Waals surface area contributed by atoms with Crippen LogP contribution in [0, 0.1) is 11.8 Å². The Kier molecular flexibility index (Phi) is 4.65. The van der Waals surface area contributed by atoms with Gasteiger partial charge in [0.1, 0.15) is 5.82 Å². The van der Waals surface area contributed by atoms with E-state index in [9.17, 15) is 0 Å². The Morgan fingerprint density at radius 3 is 2.53 bits per heavy atom. The molecule has 154 valence electrons. The highest BCUT2D eigenvalue weighted by molar-refractivity contribution is 6.01. The van der Waals surface area contributed by atoms with Crippen LogP contribution in [0.1, 0.15) is 26.7 Å². The Morgan fingerprint density at radius 1 is 1.00 bits per heavy atom. The first-order chi connectivity index (χ1) is 14.5. The predicted octanol–water partition coefficient (Wildman–Crippen LogP) is 5.85. The van der Waals surface area contributed by atoms with Gasteiger partial charge < -0.3 is 15.2 Å². The van der Waals surface area contributed by atoms with Gasteiger partial charge in [0.05, 0.1) is 5.52 Å². The normalized spacial score (nSPS) is 15.5. The molecule has 1 aliphatic rings. The van der Waals surface area contributed by atoms with Crippen molar-refractivity contribution in [2.45, 2.75) is 26.7 Å². The van der Waals surface area contributed by atoms with E-state index in [1.807, 2.05) is 0 Å². The van der Waals surface area contributed by atoms with Crippen molar-refractivity contribution in [1.29, 1.82) is 0 Å². The monoisotopic (exact) mass is 398 g/mol. The highest BCUT2D eigenvalue weighted by atomic mass is 15.1. The molecule has 1 fully saturated rings.